The lowest BCUT2D eigenvalue weighted by atomic mass is 9.96. The third-order valence-corrected chi connectivity index (χ3v) is 4.21. The van der Waals surface area contributed by atoms with Crippen LogP contribution in [0.3, 0.4) is 0 Å². The van der Waals surface area contributed by atoms with Crippen LogP contribution in [0.1, 0.15) is 52.5 Å². The molecule has 2 rings (SSSR count). The number of carbonyl (C=O) groups excluding carboxylic acids is 2. The summed E-state index contributed by atoms with van der Waals surface area (Å²) in [5, 5.41) is 2.94. The number of carbonyl (C=O) groups is 2. The van der Waals surface area contributed by atoms with Gasteiger partial charge in [0.05, 0.1) is 5.54 Å². The van der Waals surface area contributed by atoms with Crippen LogP contribution in [0.5, 0.6) is 0 Å². The van der Waals surface area contributed by atoms with E-state index in [9.17, 15) is 9.59 Å². The van der Waals surface area contributed by atoms with Gasteiger partial charge in [0.25, 0.3) is 0 Å². The molecule has 0 aliphatic carbocycles. The first-order valence-electron chi connectivity index (χ1n) is 9.14. The van der Waals surface area contributed by atoms with Gasteiger partial charge in [0, 0.05) is 13.1 Å². The van der Waals surface area contributed by atoms with Crippen molar-refractivity contribution in [3.8, 4) is 0 Å². The molecular formula is C20H30N2O4. The second-order valence-electron chi connectivity index (χ2n) is 8.11. The van der Waals surface area contributed by atoms with Crippen LogP contribution in [0.2, 0.25) is 0 Å². The van der Waals surface area contributed by atoms with Gasteiger partial charge >= 0.3 is 12.2 Å². The summed E-state index contributed by atoms with van der Waals surface area (Å²) < 4.78 is 10.8. The standard InChI is InChI=1S/C20H30N2O4/c1-19(2,3)26-18(24)22-13-9-8-12-20(4,15-22)21-17(23)25-14-16-10-6-5-7-11-16/h5-7,10-11H,8-9,12-15H2,1-4H3,(H,21,23)/t20-/m1/s1. The summed E-state index contributed by atoms with van der Waals surface area (Å²) in [6.07, 6.45) is 1.78. The summed E-state index contributed by atoms with van der Waals surface area (Å²) in [4.78, 5) is 26.3. The van der Waals surface area contributed by atoms with Crippen molar-refractivity contribution in [1.29, 1.82) is 0 Å². The van der Waals surface area contributed by atoms with E-state index in [1.165, 1.54) is 0 Å². The lowest BCUT2D eigenvalue weighted by molar-refractivity contribution is 0.0210. The van der Waals surface area contributed by atoms with Crippen molar-refractivity contribution in [2.75, 3.05) is 13.1 Å². The number of rotatable bonds is 3. The Bertz CT molecular complexity index is 612. The molecule has 1 N–H and O–H groups in total. The van der Waals surface area contributed by atoms with E-state index < -0.39 is 17.2 Å². The number of hydrogen-bond acceptors (Lipinski definition) is 4. The fraction of sp³-hybridized carbons (Fsp3) is 0.600. The Morgan fingerprint density at radius 1 is 1.19 bits per heavy atom. The smallest absolute Gasteiger partial charge is 0.410 e. The number of likely N-dealkylation sites (tertiary alicyclic amines) is 1. The van der Waals surface area contributed by atoms with Crippen LogP contribution in [-0.4, -0.2) is 41.3 Å². The van der Waals surface area contributed by atoms with E-state index in [1.54, 1.807) is 4.90 Å². The number of amides is 2. The van der Waals surface area contributed by atoms with Crippen LogP contribution in [0, 0.1) is 0 Å². The van der Waals surface area contributed by atoms with E-state index in [0.29, 0.717) is 13.1 Å². The van der Waals surface area contributed by atoms with Gasteiger partial charge in [0.2, 0.25) is 0 Å². The molecule has 1 fully saturated rings. The van der Waals surface area contributed by atoms with Gasteiger partial charge in [-0.3, -0.25) is 0 Å². The zero-order valence-corrected chi connectivity index (χ0v) is 16.2. The van der Waals surface area contributed by atoms with Gasteiger partial charge in [0.15, 0.2) is 0 Å². The Hall–Kier alpha value is -2.24. The monoisotopic (exact) mass is 362 g/mol. The van der Waals surface area contributed by atoms with Gasteiger partial charge < -0.3 is 19.7 Å². The van der Waals surface area contributed by atoms with Gasteiger partial charge in [-0.25, -0.2) is 9.59 Å². The molecule has 2 amide bonds. The molecule has 1 aromatic carbocycles. The molecule has 144 valence electrons. The molecule has 1 aliphatic rings. The highest BCUT2D eigenvalue weighted by Crippen LogP contribution is 2.22. The Labute approximate surface area is 155 Å². The van der Waals surface area contributed by atoms with Crippen molar-refractivity contribution >= 4 is 12.2 Å². The van der Waals surface area contributed by atoms with Crippen LogP contribution in [0.25, 0.3) is 0 Å². The average molecular weight is 362 g/mol. The summed E-state index contributed by atoms with van der Waals surface area (Å²) in [6, 6.07) is 9.54. The highest BCUT2D eigenvalue weighted by Gasteiger charge is 2.35. The summed E-state index contributed by atoms with van der Waals surface area (Å²) in [7, 11) is 0. The second kappa shape index (κ2) is 8.43. The maximum atomic E-state index is 12.4. The molecule has 1 heterocycles. The number of benzene rings is 1. The third kappa shape index (κ3) is 6.58. The van der Waals surface area contributed by atoms with E-state index in [4.69, 9.17) is 9.47 Å². The summed E-state index contributed by atoms with van der Waals surface area (Å²) in [5.41, 5.74) is -0.146. The zero-order valence-electron chi connectivity index (χ0n) is 16.2. The topological polar surface area (TPSA) is 67.9 Å². The molecule has 0 saturated carbocycles. The van der Waals surface area contributed by atoms with Crippen molar-refractivity contribution < 1.29 is 19.1 Å². The first-order valence-corrected chi connectivity index (χ1v) is 9.14. The van der Waals surface area contributed by atoms with Crippen LogP contribution < -0.4 is 5.32 Å². The summed E-state index contributed by atoms with van der Waals surface area (Å²) >= 11 is 0. The maximum Gasteiger partial charge on any atom is 0.410 e. The van der Waals surface area contributed by atoms with Crippen molar-refractivity contribution in [3.63, 3.8) is 0 Å². The largest absolute Gasteiger partial charge is 0.445 e. The van der Waals surface area contributed by atoms with Crippen molar-refractivity contribution in [2.45, 2.75) is 64.7 Å². The fourth-order valence-corrected chi connectivity index (χ4v) is 2.99. The molecule has 1 aromatic rings. The Kier molecular flexibility index (Phi) is 6.51. The number of hydrogen-bond donors (Lipinski definition) is 1. The molecule has 1 aliphatic heterocycles. The molecule has 0 bridgehead atoms. The lowest BCUT2D eigenvalue weighted by Crippen LogP contribution is -2.54. The maximum absolute atomic E-state index is 12.4. The van der Waals surface area contributed by atoms with E-state index >= 15 is 0 Å². The van der Waals surface area contributed by atoms with E-state index in [-0.39, 0.29) is 12.7 Å². The van der Waals surface area contributed by atoms with Crippen LogP contribution in [0.4, 0.5) is 9.59 Å². The first kappa shape index (κ1) is 20.1. The zero-order chi connectivity index (χ0) is 19.2. The van der Waals surface area contributed by atoms with Gasteiger partial charge in [0.1, 0.15) is 12.2 Å². The number of nitrogens with one attached hydrogen (secondary N) is 1. The van der Waals surface area contributed by atoms with Crippen molar-refractivity contribution in [3.05, 3.63) is 35.9 Å². The molecule has 26 heavy (non-hydrogen) atoms. The Morgan fingerprint density at radius 2 is 1.88 bits per heavy atom. The molecule has 6 nitrogen and oxygen atoms in total. The quantitative estimate of drug-likeness (QED) is 0.879. The van der Waals surface area contributed by atoms with Gasteiger partial charge in [-0.05, 0) is 52.5 Å². The van der Waals surface area contributed by atoms with Gasteiger partial charge in [-0.2, -0.15) is 0 Å². The molecular weight excluding hydrogens is 332 g/mol. The highest BCUT2D eigenvalue weighted by atomic mass is 16.6. The third-order valence-electron chi connectivity index (χ3n) is 4.21. The first-order chi connectivity index (χ1) is 12.2. The molecule has 6 heteroatoms. The van der Waals surface area contributed by atoms with Gasteiger partial charge in [-0.1, -0.05) is 30.3 Å². The van der Waals surface area contributed by atoms with Crippen molar-refractivity contribution in [1.82, 2.24) is 10.2 Å². The Balaban J connectivity index is 1.93. The van der Waals surface area contributed by atoms with E-state index in [0.717, 1.165) is 24.8 Å². The Morgan fingerprint density at radius 3 is 2.54 bits per heavy atom. The lowest BCUT2D eigenvalue weighted by Gasteiger charge is -2.34. The average Bonchev–Trinajstić information content (AvgIpc) is 2.74. The molecule has 1 saturated heterocycles. The predicted molar refractivity (Wildman–Crippen MR) is 99.8 cm³/mol. The molecule has 0 unspecified atom stereocenters. The van der Waals surface area contributed by atoms with Crippen LogP contribution in [0.15, 0.2) is 30.3 Å². The minimum atomic E-state index is -0.541. The second-order valence-corrected chi connectivity index (χ2v) is 8.11. The van der Waals surface area contributed by atoms with E-state index in [1.807, 2.05) is 58.0 Å². The molecule has 0 spiro atoms. The predicted octanol–water partition coefficient (Wildman–Crippen LogP) is 4.09. The highest BCUT2D eigenvalue weighted by molar-refractivity contribution is 5.70. The fourth-order valence-electron chi connectivity index (χ4n) is 2.99. The number of alkyl carbamates (subject to hydrolysis) is 1. The van der Waals surface area contributed by atoms with Gasteiger partial charge in [-0.15, -0.1) is 0 Å². The normalized spacial score (nSPS) is 20.8. The van der Waals surface area contributed by atoms with Crippen molar-refractivity contribution in [2.24, 2.45) is 0 Å². The van der Waals surface area contributed by atoms with E-state index in [2.05, 4.69) is 5.32 Å². The molecule has 0 radical (unpaired) electrons. The molecule has 0 aromatic heterocycles. The summed E-state index contributed by atoms with van der Waals surface area (Å²) in [6.45, 7) is 8.74. The minimum Gasteiger partial charge on any atom is -0.445 e. The summed E-state index contributed by atoms with van der Waals surface area (Å²) in [5.74, 6) is 0. The SMILES string of the molecule is CC(C)(C)OC(=O)N1CCCC[C@@](C)(NC(=O)OCc2ccccc2)C1. The van der Waals surface area contributed by atoms with Crippen LogP contribution in [-0.2, 0) is 16.1 Å². The molecule has 1 atom stereocenters. The number of nitrogens with zero attached hydrogens (tertiary/aromatic N) is 1. The minimum absolute atomic E-state index is 0.221. The van der Waals surface area contributed by atoms with Crippen LogP contribution >= 0.6 is 0 Å². The number of ether oxygens (including phenoxy) is 2.